The smallest absolute Gasteiger partial charge is 0.269 e. The van der Waals surface area contributed by atoms with Crippen molar-refractivity contribution in [3.05, 3.63) is 58.3 Å². The summed E-state index contributed by atoms with van der Waals surface area (Å²) in [5.74, 6) is 0.00715. The van der Waals surface area contributed by atoms with Crippen molar-refractivity contribution in [1.29, 1.82) is 0 Å². The van der Waals surface area contributed by atoms with Crippen molar-refractivity contribution in [2.24, 2.45) is 0 Å². The van der Waals surface area contributed by atoms with Crippen LogP contribution < -0.4 is 10.0 Å². The number of carbonyl (C=O) groups excluding carboxylic acids is 1. The van der Waals surface area contributed by atoms with Gasteiger partial charge in [-0.3, -0.25) is 14.9 Å². The van der Waals surface area contributed by atoms with Gasteiger partial charge < -0.3 is 5.32 Å². The molecule has 1 heterocycles. The molecule has 0 atom stereocenters. The summed E-state index contributed by atoms with van der Waals surface area (Å²) in [4.78, 5) is 25.6. The van der Waals surface area contributed by atoms with Crippen molar-refractivity contribution in [3.63, 3.8) is 0 Å². The minimum atomic E-state index is -3.85. The summed E-state index contributed by atoms with van der Waals surface area (Å²) in [6.07, 6.45) is 1.48. The molecule has 25 heavy (non-hydrogen) atoms. The van der Waals surface area contributed by atoms with Gasteiger partial charge in [-0.1, -0.05) is 0 Å². The van der Waals surface area contributed by atoms with Crippen molar-refractivity contribution in [2.75, 3.05) is 11.9 Å². The van der Waals surface area contributed by atoms with Crippen molar-refractivity contribution in [2.45, 2.75) is 18.2 Å². The molecular formula is C15H16N4O5S. The number of sulfonamides is 1. The molecule has 0 unspecified atom stereocenters. The van der Waals surface area contributed by atoms with Crippen molar-refractivity contribution in [3.8, 4) is 0 Å². The first kappa shape index (κ1) is 18.5. The van der Waals surface area contributed by atoms with E-state index in [4.69, 9.17) is 0 Å². The second-order valence-corrected chi connectivity index (χ2v) is 6.93. The van der Waals surface area contributed by atoms with Crippen LogP contribution in [0.15, 0.2) is 47.5 Å². The average molecular weight is 364 g/mol. The number of benzene rings is 1. The Morgan fingerprint density at radius 2 is 1.92 bits per heavy atom. The molecule has 0 aliphatic rings. The third kappa shape index (κ3) is 5.33. The highest BCUT2D eigenvalue weighted by Crippen LogP contribution is 2.15. The van der Waals surface area contributed by atoms with Crippen LogP contribution >= 0.6 is 0 Å². The van der Waals surface area contributed by atoms with E-state index in [9.17, 15) is 23.3 Å². The summed E-state index contributed by atoms with van der Waals surface area (Å²) < 4.78 is 26.4. The van der Waals surface area contributed by atoms with E-state index in [1.165, 1.54) is 0 Å². The van der Waals surface area contributed by atoms with Crippen LogP contribution in [0.1, 0.15) is 12.0 Å². The van der Waals surface area contributed by atoms with Gasteiger partial charge in [0.1, 0.15) is 5.82 Å². The van der Waals surface area contributed by atoms with Gasteiger partial charge in [0.2, 0.25) is 15.9 Å². The number of hydrogen-bond acceptors (Lipinski definition) is 6. The molecule has 9 nitrogen and oxygen atoms in total. The van der Waals surface area contributed by atoms with Crippen molar-refractivity contribution in [1.82, 2.24) is 9.71 Å². The summed E-state index contributed by atoms with van der Waals surface area (Å²) in [6.45, 7) is 1.74. The van der Waals surface area contributed by atoms with E-state index in [1.54, 1.807) is 18.3 Å². The molecule has 0 fully saturated rings. The zero-order chi connectivity index (χ0) is 18.4. The molecule has 2 aromatic rings. The van der Waals surface area contributed by atoms with E-state index in [0.717, 1.165) is 29.8 Å². The number of carbonyl (C=O) groups is 1. The van der Waals surface area contributed by atoms with Gasteiger partial charge in [-0.25, -0.2) is 18.1 Å². The van der Waals surface area contributed by atoms with Crippen LogP contribution in [0, 0.1) is 17.0 Å². The third-order valence-electron chi connectivity index (χ3n) is 3.18. The molecule has 0 spiro atoms. The molecule has 0 radical (unpaired) electrons. The van der Waals surface area contributed by atoms with Crippen LogP contribution in [0.5, 0.6) is 0 Å². The molecule has 1 aromatic heterocycles. The first-order chi connectivity index (χ1) is 11.8. The van der Waals surface area contributed by atoms with Crippen LogP contribution in [0.25, 0.3) is 0 Å². The number of rotatable bonds is 7. The van der Waals surface area contributed by atoms with E-state index in [2.05, 4.69) is 15.0 Å². The number of nitro benzene ring substituents is 1. The van der Waals surface area contributed by atoms with E-state index >= 15 is 0 Å². The molecule has 2 rings (SSSR count). The summed E-state index contributed by atoms with van der Waals surface area (Å²) >= 11 is 0. The highest BCUT2D eigenvalue weighted by Gasteiger charge is 2.16. The molecule has 1 amide bonds. The lowest BCUT2D eigenvalue weighted by Crippen LogP contribution is -2.28. The number of nitrogens with one attached hydrogen (secondary N) is 2. The number of pyridine rings is 1. The molecule has 0 aliphatic heterocycles. The van der Waals surface area contributed by atoms with Gasteiger partial charge in [0.15, 0.2) is 0 Å². The van der Waals surface area contributed by atoms with Crippen molar-refractivity contribution >= 4 is 27.4 Å². The standard InChI is InChI=1S/C15H16N4O5S/c1-11-6-8-16-14(10-11)18-15(20)7-9-17-25(23,24)13-4-2-12(3-5-13)19(21)22/h2-6,8,10,17H,7,9H2,1H3,(H,16,18,20). The Morgan fingerprint density at radius 1 is 1.24 bits per heavy atom. The number of aryl methyl sites for hydroxylation is 1. The lowest BCUT2D eigenvalue weighted by atomic mass is 10.3. The predicted octanol–water partition coefficient (Wildman–Crippen LogP) is 1.61. The van der Waals surface area contributed by atoms with Gasteiger partial charge in [-0.2, -0.15) is 0 Å². The molecule has 132 valence electrons. The quantitative estimate of drug-likeness (QED) is 0.567. The van der Waals surface area contributed by atoms with Gasteiger partial charge in [0.25, 0.3) is 5.69 Å². The normalized spacial score (nSPS) is 11.1. The van der Waals surface area contributed by atoms with Crippen molar-refractivity contribution < 1.29 is 18.1 Å². The molecule has 1 aromatic carbocycles. The Labute approximate surface area is 144 Å². The molecule has 0 saturated heterocycles. The fourth-order valence-electron chi connectivity index (χ4n) is 1.94. The minimum absolute atomic E-state index is 0.0815. The predicted molar refractivity (Wildman–Crippen MR) is 90.5 cm³/mol. The largest absolute Gasteiger partial charge is 0.311 e. The van der Waals surface area contributed by atoms with E-state index in [1.807, 2.05) is 6.92 Å². The summed E-state index contributed by atoms with van der Waals surface area (Å²) in [5.41, 5.74) is 0.730. The number of nitrogens with zero attached hydrogens (tertiary/aromatic N) is 2. The number of hydrogen-bond donors (Lipinski definition) is 2. The zero-order valence-electron chi connectivity index (χ0n) is 13.3. The highest BCUT2D eigenvalue weighted by atomic mass is 32.2. The minimum Gasteiger partial charge on any atom is -0.311 e. The number of nitro groups is 1. The summed E-state index contributed by atoms with van der Waals surface area (Å²) in [5, 5.41) is 13.1. The molecule has 0 bridgehead atoms. The van der Waals surface area contributed by atoms with Crippen LogP contribution in [0.3, 0.4) is 0 Å². The average Bonchev–Trinajstić information content (AvgIpc) is 2.54. The van der Waals surface area contributed by atoms with Gasteiger partial charge in [-0.15, -0.1) is 0 Å². The van der Waals surface area contributed by atoms with Gasteiger partial charge >= 0.3 is 0 Å². The number of non-ortho nitro benzene ring substituents is 1. The molecule has 10 heteroatoms. The Morgan fingerprint density at radius 3 is 2.52 bits per heavy atom. The lowest BCUT2D eigenvalue weighted by molar-refractivity contribution is -0.384. The Bertz CT molecular complexity index is 881. The molecule has 0 saturated carbocycles. The summed E-state index contributed by atoms with van der Waals surface area (Å²) in [6, 6.07) is 7.96. The maximum Gasteiger partial charge on any atom is 0.269 e. The Hall–Kier alpha value is -2.85. The number of amides is 1. The van der Waals surface area contributed by atoms with Gasteiger partial charge in [0.05, 0.1) is 9.82 Å². The maximum atomic E-state index is 12.1. The first-order valence-electron chi connectivity index (χ1n) is 7.24. The highest BCUT2D eigenvalue weighted by molar-refractivity contribution is 7.89. The third-order valence-corrected chi connectivity index (χ3v) is 4.66. The fraction of sp³-hybridized carbons (Fsp3) is 0.200. The molecule has 2 N–H and O–H groups in total. The first-order valence-corrected chi connectivity index (χ1v) is 8.73. The fourth-order valence-corrected chi connectivity index (χ4v) is 2.97. The lowest BCUT2D eigenvalue weighted by Gasteiger charge is -2.07. The second kappa shape index (κ2) is 7.81. The Balaban J connectivity index is 1.89. The molecule has 0 aliphatic carbocycles. The van der Waals surface area contributed by atoms with Crippen LogP contribution in [0.2, 0.25) is 0 Å². The zero-order valence-corrected chi connectivity index (χ0v) is 14.1. The van der Waals surface area contributed by atoms with E-state index in [-0.39, 0.29) is 29.5 Å². The summed E-state index contributed by atoms with van der Waals surface area (Å²) in [7, 11) is -3.85. The topological polar surface area (TPSA) is 131 Å². The van der Waals surface area contributed by atoms with Crippen LogP contribution in [0.4, 0.5) is 11.5 Å². The maximum absolute atomic E-state index is 12.1. The number of anilines is 1. The Kier molecular flexibility index (Phi) is 5.78. The van der Waals surface area contributed by atoms with E-state index in [0.29, 0.717) is 5.82 Å². The monoisotopic (exact) mass is 364 g/mol. The second-order valence-electron chi connectivity index (χ2n) is 5.17. The SMILES string of the molecule is Cc1ccnc(NC(=O)CCNS(=O)(=O)c2ccc([N+](=O)[O-])cc2)c1. The van der Waals surface area contributed by atoms with Crippen LogP contribution in [-0.2, 0) is 14.8 Å². The van der Waals surface area contributed by atoms with Gasteiger partial charge in [-0.05, 0) is 36.8 Å². The number of aromatic nitrogens is 1. The van der Waals surface area contributed by atoms with Crippen LogP contribution in [-0.4, -0.2) is 30.8 Å². The molecular weight excluding hydrogens is 348 g/mol. The van der Waals surface area contributed by atoms with Gasteiger partial charge in [0, 0.05) is 31.3 Å². The van der Waals surface area contributed by atoms with E-state index < -0.39 is 14.9 Å².